The molecule has 3 N–H and O–H groups in total. The van der Waals surface area contributed by atoms with Crippen molar-refractivity contribution in [3.63, 3.8) is 0 Å². The number of nitrogens with one attached hydrogen (secondary N) is 3. The van der Waals surface area contributed by atoms with Crippen molar-refractivity contribution >= 4 is 29.0 Å². The van der Waals surface area contributed by atoms with E-state index in [4.69, 9.17) is 0 Å². The number of piperazine rings is 1. The Bertz CT molecular complexity index is 1420. The number of anilines is 4. The lowest BCUT2D eigenvalue weighted by molar-refractivity contribution is -0.126. The minimum atomic E-state index is -0.541. The van der Waals surface area contributed by atoms with Gasteiger partial charge >= 0.3 is 0 Å². The third-order valence-corrected chi connectivity index (χ3v) is 8.76. The summed E-state index contributed by atoms with van der Waals surface area (Å²) < 4.78 is 15.0. The SMILES string of the molecule is Cc1cc(Nc2ncc(F)c(N[C@@H]3[C@H](C(=O)N[C@H](C)c4ccccc4)[C@H]4C=C[C@@H]3C4)n2)ccc1N1CCN(C)CC1. The number of carbonyl (C=O) groups is 1. The van der Waals surface area contributed by atoms with Crippen molar-refractivity contribution in [1.29, 1.82) is 0 Å². The third-order valence-electron chi connectivity index (χ3n) is 8.76. The van der Waals surface area contributed by atoms with Crippen molar-refractivity contribution in [3.8, 4) is 0 Å². The highest BCUT2D eigenvalue weighted by molar-refractivity contribution is 5.82. The molecular formula is C32H38FN7O. The van der Waals surface area contributed by atoms with Crippen molar-refractivity contribution in [3.05, 3.63) is 83.8 Å². The molecule has 1 aliphatic heterocycles. The molecule has 1 saturated heterocycles. The normalized spacial score (nSPS) is 24.3. The number of carbonyl (C=O) groups excluding carboxylic acids is 1. The van der Waals surface area contributed by atoms with Crippen LogP contribution in [0.3, 0.4) is 0 Å². The maximum Gasteiger partial charge on any atom is 0.229 e. The van der Waals surface area contributed by atoms with E-state index >= 15 is 0 Å². The largest absolute Gasteiger partial charge is 0.369 e. The summed E-state index contributed by atoms with van der Waals surface area (Å²) in [4.78, 5) is 26.9. The average molecular weight is 556 g/mol. The van der Waals surface area contributed by atoms with Gasteiger partial charge in [0.25, 0.3) is 0 Å². The lowest BCUT2D eigenvalue weighted by atomic mass is 9.87. The second-order valence-electron chi connectivity index (χ2n) is 11.6. The quantitative estimate of drug-likeness (QED) is 0.341. The first kappa shape index (κ1) is 27.2. The minimum Gasteiger partial charge on any atom is -0.369 e. The summed E-state index contributed by atoms with van der Waals surface area (Å²) in [5.41, 5.74) is 4.27. The van der Waals surface area contributed by atoms with Crippen molar-refractivity contribution in [2.75, 3.05) is 48.8 Å². The molecule has 5 atom stereocenters. The van der Waals surface area contributed by atoms with Gasteiger partial charge in [-0.1, -0.05) is 42.5 Å². The summed E-state index contributed by atoms with van der Waals surface area (Å²) in [5, 5.41) is 9.70. The zero-order chi connectivity index (χ0) is 28.5. The molecule has 3 aliphatic rings. The summed E-state index contributed by atoms with van der Waals surface area (Å²) in [7, 11) is 2.15. The Morgan fingerprint density at radius 2 is 1.80 bits per heavy atom. The van der Waals surface area contributed by atoms with Crippen LogP contribution in [0.25, 0.3) is 0 Å². The van der Waals surface area contributed by atoms with E-state index in [2.05, 4.69) is 74.0 Å². The van der Waals surface area contributed by atoms with Gasteiger partial charge in [0.15, 0.2) is 11.6 Å². The van der Waals surface area contributed by atoms with E-state index in [0.717, 1.165) is 49.4 Å². The van der Waals surface area contributed by atoms with Crippen molar-refractivity contribution in [2.24, 2.45) is 17.8 Å². The molecule has 41 heavy (non-hydrogen) atoms. The van der Waals surface area contributed by atoms with Gasteiger partial charge in [0.2, 0.25) is 11.9 Å². The first-order valence-corrected chi connectivity index (χ1v) is 14.5. The molecule has 2 aliphatic carbocycles. The van der Waals surface area contributed by atoms with Gasteiger partial charge in [-0.15, -0.1) is 0 Å². The second-order valence-corrected chi connectivity index (χ2v) is 11.6. The van der Waals surface area contributed by atoms with E-state index < -0.39 is 5.82 Å². The molecule has 3 aromatic rings. The first-order chi connectivity index (χ1) is 19.9. The Morgan fingerprint density at radius 3 is 2.56 bits per heavy atom. The number of hydrogen-bond donors (Lipinski definition) is 3. The molecule has 1 saturated carbocycles. The van der Waals surface area contributed by atoms with E-state index in [0.29, 0.717) is 5.95 Å². The van der Waals surface area contributed by atoms with Crippen molar-refractivity contribution in [1.82, 2.24) is 20.2 Å². The van der Waals surface area contributed by atoms with Crippen molar-refractivity contribution < 1.29 is 9.18 Å². The van der Waals surface area contributed by atoms with E-state index in [1.54, 1.807) is 0 Å². The lowest BCUT2D eigenvalue weighted by Gasteiger charge is -2.35. The van der Waals surface area contributed by atoms with Crippen LogP contribution in [-0.4, -0.2) is 60.0 Å². The highest BCUT2D eigenvalue weighted by Gasteiger charge is 2.48. The fourth-order valence-corrected chi connectivity index (χ4v) is 6.46. The maximum atomic E-state index is 15.0. The highest BCUT2D eigenvalue weighted by Crippen LogP contribution is 2.45. The molecule has 0 spiro atoms. The van der Waals surface area contributed by atoms with Crippen LogP contribution in [0.4, 0.5) is 27.5 Å². The molecule has 2 bridgehead atoms. The average Bonchev–Trinajstić information content (AvgIpc) is 3.58. The molecule has 2 heterocycles. The van der Waals surface area contributed by atoms with Gasteiger partial charge in [0.05, 0.1) is 18.2 Å². The molecule has 0 unspecified atom stereocenters. The molecule has 2 fully saturated rings. The fraction of sp³-hybridized carbons (Fsp3) is 0.406. The zero-order valence-corrected chi connectivity index (χ0v) is 23.8. The smallest absolute Gasteiger partial charge is 0.229 e. The Kier molecular flexibility index (Phi) is 7.62. The molecule has 1 aromatic heterocycles. The molecule has 6 rings (SSSR count). The Labute approximate surface area is 241 Å². The standard InChI is InChI=1S/C32H38FN7O/c1-20-17-25(11-12-27(20)40-15-13-39(3)14-16-40)36-32-34-19-26(33)30(38-32)37-29-24-10-9-23(18-24)28(29)31(41)35-21(2)22-7-5-4-6-8-22/h4-12,17,19,21,23-24,28-29H,13-16,18H2,1-3H3,(H,35,41)(H2,34,36,37,38)/t21-,23+,24-,28-,29+/m1/s1. The minimum absolute atomic E-state index is 0.0283. The van der Waals surface area contributed by atoms with Crippen LogP contribution in [-0.2, 0) is 4.79 Å². The molecule has 214 valence electrons. The summed E-state index contributed by atoms with van der Waals surface area (Å²) in [6, 6.07) is 15.7. The predicted molar refractivity (Wildman–Crippen MR) is 161 cm³/mol. The number of halogens is 1. The van der Waals surface area contributed by atoms with Crippen LogP contribution in [0, 0.1) is 30.5 Å². The molecule has 0 radical (unpaired) electrons. The summed E-state index contributed by atoms with van der Waals surface area (Å²) in [6.07, 6.45) is 6.30. The lowest BCUT2D eigenvalue weighted by Crippen LogP contribution is -2.44. The second kappa shape index (κ2) is 11.5. The van der Waals surface area contributed by atoms with Gasteiger partial charge in [-0.3, -0.25) is 4.79 Å². The molecule has 1 amide bonds. The zero-order valence-electron chi connectivity index (χ0n) is 23.8. The van der Waals surface area contributed by atoms with Crippen LogP contribution in [0.5, 0.6) is 0 Å². The van der Waals surface area contributed by atoms with Crippen LogP contribution in [0.2, 0.25) is 0 Å². The predicted octanol–water partition coefficient (Wildman–Crippen LogP) is 4.90. The van der Waals surface area contributed by atoms with Gasteiger partial charge in [0.1, 0.15) is 0 Å². The number of likely N-dealkylation sites (N-methyl/N-ethyl adjacent to an activating group) is 1. The number of hydrogen-bond acceptors (Lipinski definition) is 7. The number of nitrogens with zero attached hydrogens (tertiary/aromatic N) is 4. The Balaban J connectivity index is 1.15. The summed E-state index contributed by atoms with van der Waals surface area (Å²) in [6.45, 7) is 8.19. The topological polar surface area (TPSA) is 85.4 Å². The van der Waals surface area contributed by atoms with E-state index in [1.165, 1.54) is 11.9 Å². The number of rotatable bonds is 8. The molecule has 2 aromatic carbocycles. The summed E-state index contributed by atoms with van der Waals surface area (Å²) in [5.74, 6) is -0.221. The highest BCUT2D eigenvalue weighted by atomic mass is 19.1. The maximum absolute atomic E-state index is 15.0. The van der Waals surface area contributed by atoms with E-state index in [1.807, 2.05) is 43.3 Å². The first-order valence-electron chi connectivity index (χ1n) is 14.5. The van der Waals surface area contributed by atoms with E-state index in [-0.39, 0.29) is 41.6 Å². The van der Waals surface area contributed by atoms with E-state index in [9.17, 15) is 9.18 Å². The molecular weight excluding hydrogens is 517 g/mol. The number of allylic oxidation sites excluding steroid dienone is 1. The summed E-state index contributed by atoms with van der Waals surface area (Å²) >= 11 is 0. The molecule has 8 nitrogen and oxygen atoms in total. The van der Waals surface area contributed by atoms with Gasteiger partial charge in [-0.25, -0.2) is 9.37 Å². The van der Waals surface area contributed by atoms with Gasteiger partial charge in [-0.05, 0) is 68.5 Å². The van der Waals surface area contributed by atoms with Gasteiger partial charge < -0.3 is 25.8 Å². The Morgan fingerprint density at radius 1 is 1.05 bits per heavy atom. The number of aromatic nitrogens is 2. The van der Waals surface area contributed by atoms with Crippen molar-refractivity contribution in [2.45, 2.75) is 32.4 Å². The van der Waals surface area contributed by atoms with Gasteiger partial charge in [0, 0.05) is 43.6 Å². The molecule has 9 heteroatoms. The number of benzene rings is 2. The number of fused-ring (bicyclic) bond motifs is 2. The monoisotopic (exact) mass is 555 g/mol. The Hall–Kier alpha value is -3.98. The van der Waals surface area contributed by atoms with Crippen LogP contribution in [0.15, 0.2) is 66.9 Å². The number of amides is 1. The fourth-order valence-electron chi connectivity index (χ4n) is 6.46. The van der Waals surface area contributed by atoms with Gasteiger partial charge in [-0.2, -0.15) is 4.98 Å². The number of aryl methyl sites for hydroxylation is 1. The van der Waals surface area contributed by atoms with Crippen LogP contribution < -0.4 is 20.9 Å². The third kappa shape index (κ3) is 5.77. The van der Waals surface area contributed by atoms with Crippen LogP contribution in [0.1, 0.15) is 30.5 Å². The van der Waals surface area contributed by atoms with Crippen LogP contribution >= 0.6 is 0 Å².